The van der Waals surface area contributed by atoms with E-state index in [2.05, 4.69) is 10.4 Å². The summed E-state index contributed by atoms with van der Waals surface area (Å²) in [5, 5.41) is 14.2. The largest absolute Gasteiger partial charge is 0.480 e. The highest BCUT2D eigenvalue weighted by atomic mass is 31.2. The SMILES string of the molecule is C[C@H](NP(=O)(OCc1ccccc1)OCc1ccccc1)C(=O)N1CCC[C@H]1C(=O)N[C@H](C)C(=O)O. The predicted octanol–water partition coefficient (Wildman–Crippen LogP) is 3.09. The molecular formula is C25H32N3O7P. The number of nitrogens with zero attached hydrogens (tertiary/aromatic N) is 1. The fraction of sp³-hybridized carbons (Fsp3) is 0.400. The van der Waals surface area contributed by atoms with Crippen LogP contribution in [-0.4, -0.2) is 52.5 Å². The van der Waals surface area contributed by atoms with E-state index in [4.69, 9.17) is 14.2 Å². The van der Waals surface area contributed by atoms with E-state index < -0.39 is 43.7 Å². The van der Waals surface area contributed by atoms with Gasteiger partial charge in [-0.2, -0.15) is 0 Å². The third-order valence-corrected chi connectivity index (χ3v) is 7.42. The molecule has 1 fully saturated rings. The van der Waals surface area contributed by atoms with Crippen molar-refractivity contribution < 1.29 is 33.1 Å². The molecule has 0 spiro atoms. The third kappa shape index (κ3) is 7.73. The number of aliphatic carboxylic acids is 1. The summed E-state index contributed by atoms with van der Waals surface area (Å²) in [7, 11) is -3.96. The van der Waals surface area contributed by atoms with E-state index in [9.17, 15) is 18.9 Å². The van der Waals surface area contributed by atoms with Crippen molar-refractivity contribution in [2.45, 2.75) is 58.0 Å². The average Bonchev–Trinajstić information content (AvgIpc) is 3.37. The van der Waals surface area contributed by atoms with Gasteiger partial charge in [0.05, 0.1) is 19.3 Å². The summed E-state index contributed by atoms with van der Waals surface area (Å²) in [5.74, 6) is -2.16. The maximum atomic E-state index is 13.7. The van der Waals surface area contributed by atoms with Crippen LogP contribution in [0.5, 0.6) is 0 Å². The van der Waals surface area contributed by atoms with Gasteiger partial charge in [0.15, 0.2) is 0 Å². The molecule has 3 atom stereocenters. The summed E-state index contributed by atoms with van der Waals surface area (Å²) in [6.07, 6.45) is 0.994. The molecule has 2 aromatic carbocycles. The summed E-state index contributed by atoms with van der Waals surface area (Å²) in [4.78, 5) is 38.3. The van der Waals surface area contributed by atoms with Crippen LogP contribution in [0, 0.1) is 0 Å². The number of hydrogen-bond donors (Lipinski definition) is 3. The molecule has 36 heavy (non-hydrogen) atoms. The van der Waals surface area contributed by atoms with E-state index in [-0.39, 0.29) is 13.2 Å². The van der Waals surface area contributed by atoms with E-state index in [1.165, 1.54) is 18.7 Å². The van der Waals surface area contributed by atoms with Crippen LogP contribution in [-0.2, 0) is 41.2 Å². The minimum absolute atomic E-state index is 0.00262. The fourth-order valence-corrected chi connectivity index (χ4v) is 5.24. The van der Waals surface area contributed by atoms with E-state index in [0.29, 0.717) is 19.4 Å². The van der Waals surface area contributed by atoms with Crippen LogP contribution in [0.15, 0.2) is 60.7 Å². The van der Waals surface area contributed by atoms with E-state index in [1.54, 1.807) is 0 Å². The molecule has 1 aliphatic rings. The maximum Gasteiger partial charge on any atom is 0.406 e. The second-order valence-corrected chi connectivity index (χ2v) is 10.4. The zero-order chi connectivity index (χ0) is 26.1. The second-order valence-electron chi connectivity index (χ2n) is 8.62. The first-order valence-corrected chi connectivity index (χ1v) is 13.3. The van der Waals surface area contributed by atoms with Crippen molar-refractivity contribution in [3.05, 3.63) is 71.8 Å². The molecule has 1 saturated heterocycles. The molecule has 3 N–H and O–H groups in total. The van der Waals surface area contributed by atoms with Crippen LogP contribution in [0.1, 0.15) is 37.8 Å². The molecule has 0 radical (unpaired) electrons. The number of likely N-dealkylation sites (tertiary alicyclic amines) is 1. The van der Waals surface area contributed by atoms with Gasteiger partial charge in [0.2, 0.25) is 11.8 Å². The van der Waals surface area contributed by atoms with Gasteiger partial charge in [-0.15, -0.1) is 0 Å². The molecule has 1 heterocycles. The number of hydrogen-bond acceptors (Lipinski definition) is 6. The van der Waals surface area contributed by atoms with Crippen molar-refractivity contribution in [3.8, 4) is 0 Å². The van der Waals surface area contributed by atoms with Crippen LogP contribution >= 0.6 is 7.75 Å². The molecule has 10 nitrogen and oxygen atoms in total. The van der Waals surface area contributed by atoms with E-state index in [0.717, 1.165) is 11.1 Å². The molecule has 3 rings (SSSR count). The number of carboxylic acids is 1. The Hall–Kier alpha value is -3.04. The zero-order valence-electron chi connectivity index (χ0n) is 20.3. The first-order chi connectivity index (χ1) is 17.2. The van der Waals surface area contributed by atoms with Crippen molar-refractivity contribution in [2.75, 3.05) is 6.54 Å². The maximum absolute atomic E-state index is 13.7. The number of rotatable bonds is 12. The molecule has 2 aromatic rings. The Balaban J connectivity index is 1.69. The van der Waals surface area contributed by atoms with Crippen molar-refractivity contribution in [1.29, 1.82) is 0 Å². The Morgan fingerprint density at radius 3 is 2.00 bits per heavy atom. The Morgan fingerprint density at radius 1 is 0.972 bits per heavy atom. The van der Waals surface area contributed by atoms with Crippen molar-refractivity contribution >= 4 is 25.5 Å². The molecular weight excluding hydrogens is 485 g/mol. The highest BCUT2D eigenvalue weighted by molar-refractivity contribution is 7.51. The fourth-order valence-electron chi connectivity index (χ4n) is 3.79. The molecule has 194 valence electrons. The number of amides is 2. The summed E-state index contributed by atoms with van der Waals surface area (Å²) >= 11 is 0. The van der Waals surface area contributed by atoms with Gasteiger partial charge < -0.3 is 15.3 Å². The highest BCUT2D eigenvalue weighted by Gasteiger charge is 2.39. The van der Waals surface area contributed by atoms with Gasteiger partial charge in [-0.25, -0.2) is 9.65 Å². The molecule has 0 saturated carbocycles. The monoisotopic (exact) mass is 517 g/mol. The normalized spacial score (nSPS) is 17.4. The molecule has 2 amide bonds. The van der Waals surface area contributed by atoms with Gasteiger partial charge in [-0.05, 0) is 37.8 Å². The van der Waals surface area contributed by atoms with Gasteiger partial charge in [-0.3, -0.25) is 23.4 Å². The Labute approximate surface area is 210 Å². The summed E-state index contributed by atoms with van der Waals surface area (Å²) in [5.41, 5.74) is 1.57. The molecule has 0 aliphatic carbocycles. The Bertz CT molecular complexity index is 1040. The number of carboxylic acid groups (broad SMARTS) is 1. The smallest absolute Gasteiger partial charge is 0.406 e. The van der Waals surface area contributed by atoms with Gasteiger partial charge in [0, 0.05) is 6.54 Å². The lowest BCUT2D eigenvalue weighted by Crippen LogP contribution is -2.53. The lowest BCUT2D eigenvalue weighted by molar-refractivity contribution is -0.143. The standard InChI is InChI=1S/C25H32N3O7P/c1-18(24(30)28-15-9-14-22(28)23(29)26-19(2)25(31)32)27-36(33,34-16-20-10-5-3-6-11-20)35-17-21-12-7-4-8-13-21/h3-8,10-13,18-19,22H,9,14-17H2,1-2H3,(H,26,29)(H,27,33)(H,31,32)/t18-,19+,22-/m0/s1. The topological polar surface area (TPSA) is 134 Å². The lowest BCUT2D eigenvalue weighted by atomic mass is 10.1. The number of benzene rings is 2. The quantitative estimate of drug-likeness (QED) is 0.366. The van der Waals surface area contributed by atoms with Crippen LogP contribution in [0.4, 0.5) is 0 Å². The van der Waals surface area contributed by atoms with Crippen molar-refractivity contribution in [1.82, 2.24) is 15.3 Å². The highest BCUT2D eigenvalue weighted by Crippen LogP contribution is 2.46. The van der Waals surface area contributed by atoms with Crippen molar-refractivity contribution in [3.63, 3.8) is 0 Å². The summed E-state index contributed by atoms with van der Waals surface area (Å²) in [6.45, 7) is 3.21. The van der Waals surface area contributed by atoms with Gasteiger partial charge in [0.1, 0.15) is 12.1 Å². The van der Waals surface area contributed by atoms with Crippen LogP contribution in [0.3, 0.4) is 0 Å². The zero-order valence-corrected chi connectivity index (χ0v) is 21.2. The first-order valence-electron chi connectivity index (χ1n) is 11.8. The number of carbonyl (C=O) groups excluding carboxylic acids is 2. The molecule has 0 bridgehead atoms. The number of carbonyl (C=O) groups is 3. The first kappa shape index (κ1) is 27.5. The minimum atomic E-state index is -3.96. The van der Waals surface area contributed by atoms with Crippen LogP contribution < -0.4 is 10.4 Å². The lowest BCUT2D eigenvalue weighted by Gasteiger charge is -2.29. The molecule has 1 aliphatic heterocycles. The van der Waals surface area contributed by atoms with Crippen molar-refractivity contribution in [2.24, 2.45) is 0 Å². The average molecular weight is 518 g/mol. The van der Waals surface area contributed by atoms with Gasteiger partial charge >= 0.3 is 13.7 Å². The molecule has 0 unspecified atom stereocenters. The number of nitrogens with one attached hydrogen (secondary N) is 2. The Morgan fingerprint density at radius 2 is 1.50 bits per heavy atom. The molecule has 0 aromatic heterocycles. The molecule has 11 heteroatoms. The summed E-state index contributed by atoms with van der Waals surface area (Å²) < 4.78 is 25.0. The van der Waals surface area contributed by atoms with E-state index in [1.807, 2.05) is 60.7 Å². The van der Waals surface area contributed by atoms with E-state index >= 15 is 0 Å². The Kier molecular flexibility index (Phi) is 9.78. The van der Waals surface area contributed by atoms with Crippen LogP contribution in [0.2, 0.25) is 0 Å². The second kappa shape index (κ2) is 12.8. The third-order valence-electron chi connectivity index (χ3n) is 5.78. The van der Waals surface area contributed by atoms with Gasteiger partial charge in [0.25, 0.3) is 0 Å². The van der Waals surface area contributed by atoms with Gasteiger partial charge in [-0.1, -0.05) is 60.7 Å². The minimum Gasteiger partial charge on any atom is -0.480 e. The van der Waals surface area contributed by atoms with Crippen LogP contribution in [0.25, 0.3) is 0 Å². The predicted molar refractivity (Wildman–Crippen MR) is 133 cm³/mol. The summed E-state index contributed by atoms with van der Waals surface area (Å²) in [6, 6.07) is 15.4.